The maximum atomic E-state index is 12.9. The molecule has 1 fully saturated rings. The molecule has 0 N–H and O–H groups in total. The number of aromatic nitrogens is 1. The Morgan fingerprint density at radius 3 is 2.92 bits per heavy atom. The first-order valence-electron chi connectivity index (χ1n) is 4.12. The fourth-order valence-corrected chi connectivity index (χ4v) is 1.13. The molecule has 1 aliphatic carbocycles. The van der Waals surface area contributed by atoms with Crippen molar-refractivity contribution in [1.29, 1.82) is 0 Å². The van der Waals surface area contributed by atoms with Gasteiger partial charge in [-0.15, -0.1) is 0 Å². The van der Waals surface area contributed by atoms with Crippen molar-refractivity contribution >= 4 is 0 Å². The van der Waals surface area contributed by atoms with Gasteiger partial charge in [0.05, 0.1) is 12.3 Å². The smallest absolute Gasteiger partial charge is 0.183 e. The molecular formula is C9H10FNO. The number of pyridine rings is 1. The van der Waals surface area contributed by atoms with E-state index in [4.69, 9.17) is 4.74 Å². The van der Waals surface area contributed by atoms with Gasteiger partial charge in [-0.05, 0) is 19.3 Å². The Morgan fingerprint density at radius 2 is 2.33 bits per heavy atom. The minimum atomic E-state index is -0.371. The summed E-state index contributed by atoms with van der Waals surface area (Å²) in [5, 5.41) is 0. The summed E-state index contributed by atoms with van der Waals surface area (Å²) in [6.07, 6.45) is 6.22. The van der Waals surface area contributed by atoms with E-state index in [0.29, 0.717) is 5.75 Å². The molecule has 2 rings (SSSR count). The van der Waals surface area contributed by atoms with Gasteiger partial charge in [-0.25, -0.2) is 4.39 Å². The fourth-order valence-electron chi connectivity index (χ4n) is 1.13. The van der Waals surface area contributed by atoms with Gasteiger partial charge in [0.15, 0.2) is 11.6 Å². The largest absolute Gasteiger partial charge is 0.487 e. The van der Waals surface area contributed by atoms with Crippen molar-refractivity contribution in [2.24, 2.45) is 0 Å². The number of hydrogen-bond acceptors (Lipinski definition) is 2. The summed E-state index contributed by atoms with van der Waals surface area (Å²) < 4.78 is 18.3. The van der Waals surface area contributed by atoms with Crippen LogP contribution in [0.2, 0.25) is 0 Å². The molecule has 64 valence electrons. The van der Waals surface area contributed by atoms with Crippen LogP contribution in [-0.2, 0) is 0 Å². The number of nitrogens with zero attached hydrogens (tertiary/aromatic N) is 1. The molecule has 0 amide bonds. The van der Waals surface area contributed by atoms with E-state index < -0.39 is 0 Å². The van der Waals surface area contributed by atoms with Crippen LogP contribution in [0.25, 0.3) is 0 Å². The van der Waals surface area contributed by atoms with Crippen LogP contribution in [0.5, 0.6) is 5.75 Å². The third kappa shape index (κ3) is 1.40. The molecule has 0 bridgehead atoms. The summed E-state index contributed by atoms with van der Waals surface area (Å²) in [7, 11) is 0. The van der Waals surface area contributed by atoms with Crippen molar-refractivity contribution in [3.63, 3.8) is 0 Å². The lowest BCUT2D eigenvalue weighted by Gasteiger charge is -2.26. The lowest BCUT2D eigenvalue weighted by Crippen LogP contribution is -2.24. The zero-order valence-electron chi connectivity index (χ0n) is 6.66. The Kier molecular flexibility index (Phi) is 1.94. The van der Waals surface area contributed by atoms with Gasteiger partial charge in [-0.3, -0.25) is 4.98 Å². The zero-order chi connectivity index (χ0) is 8.39. The van der Waals surface area contributed by atoms with E-state index in [9.17, 15) is 4.39 Å². The second-order valence-electron chi connectivity index (χ2n) is 2.98. The van der Waals surface area contributed by atoms with Crippen LogP contribution < -0.4 is 4.74 Å². The topological polar surface area (TPSA) is 22.1 Å². The first-order valence-corrected chi connectivity index (χ1v) is 4.12. The monoisotopic (exact) mass is 167 g/mol. The normalized spacial score (nSPS) is 17.1. The van der Waals surface area contributed by atoms with Crippen LogP contribution in [0.1, 0.15) is 19.3 Å². The molecule has 1 aromatic rings. The SMILES string of the molecule is Fc1cnccc1OC1CCC1. The van der Waals surface area contributed by atoms with Crippen LogP contribution in [0, 0.1) is 5.82 Å². The van der Waals surface area contributed by atoms with Gasteiger partial charge in [0, 0.05) is 12.3 Å². The van der Waals surface area contributed by atoms with E-state index in [-0.39, 0.29) is 11.9 Å². The predicted octanol–water partition coefficient (Wildman–Crippen LogP) is 2.15. The zero-order valence-corrected chi connectivity index (χ0v) is 6.66. The Bertz CT molecular complexity index is 273. The highest BCUT2D eigenvalue weighted by molar-refractivity contribution is 5.20. The molecule has 0 unspecified atom stereocenters. The number of hydrogen-bond donors (Lipinski definition) is 0. The molecular weight excluding hydrogens is 157 g/mol. The molecule has 0 aliphatic heterocycles. The van der Waals surface area contributed by atoms with Gasteiger partial charge in [0.25, 0.3) is 0 Å². The maximum Gasteiger partial charge on any atom is 0.183 e. The van der Waals surface area contributed by atoms with Crippen LogP contribution in [0.4, 0.5) is 4.39 Å². The molecule has 12 heavy (non-hydrogen) atoms. The summed E-state index contributed by atoms with van der Waals surface area (Å²) in [4.78, 5) is 3.64. The molecule has 0 saturated heterocycles. The Morgan fingerprint density at radius 1 is 1.50 bits per heavy atom. The Hall–Kier alpha value is -1.12. The van der Waals surface area contributed by atoms with Gasteiger partial charge in [-0.1, -0.05) is 0 Å². The van der Waals surface area contributed by atoms with Crippen molar-refractivity contribution in [2.75, 3.05) is 0 Å². The fraction of sp³-hybridized carbons (Fsp3) is 0.444. The van der Waals surface area contributed by atoms with Crippen molar-refractivity contribution < 1.29 is 9.13 Å². The van der Waals surface area contributed by atoms with Crippen LogP contribution in [-0.4, -0.2) is 11.1 Å². The molecule has 0 radical (unpaired) electrons. The van der Waals surface area contributed by atoms with Crippen LogP contribution in [0.15, 0.2) is 18.5 Å². The van der Waals surface area contributed by atoms with Crippen LogP contribution in [0.3, 0.4) is 0 Å². The third-order valence-electron chi connectivity index (χ3n) is 2.08. The van der Waals surface area contributed by atoms with Crippen LogP contribution >= 0.6 is 0 Å². The van der Waals surface area contributed by atoms with Crippen molar-refractivity contribution in [3.05, 3.63) is 24.3 Å². The van der Waals surface area contributed by atoms with Gasteiger partial charge >= 0.3 is 0 Å². The van der Waals surface area contributed by atoms with Crippen molar-refractivity contribution in [3.8, 4) is 5.75 Å². The van der Waals surface area contributed by atoms with Crippen molar-refractivity contribution in [1.82, 2.24) is 4.98 Å². The van der Waals surface area contributed by atoms with E-state index in [1.807, 2.05) is 0 Å². The first-order chi connectivity index (χ1) is 5.86. The predicted molar refractivity (Wildman–Crippen MR) is 42.5 cm³/mol. The van der Waals surface area contributed by atoms with E-state index in [2.05, 4.69) is 4.98 Å². The number of ether oxygens (including phenoxy) is 1. The standard InChI is InChI=1S/C9H10FNO/c10-8-6-11-5-4-9(8)12-7-2-1-3-7/h4-7H,1-3H2. The summed E-state index contributed by atoms with van der Waals surface area (Å²) in [6, 6.07) is 1.56. The lowest BCUT2D eigenvalue weighted by molar-refractivity contribution is 0.115. The molecule has 3 heteroatoms. The highest BCUT2D eigenvalue weighted by atomic mass is 19.1. The van der Waals surface area contributed by atoms with Crippen molar-refractivity contribution in [2.45, 2.75) is 25.4 Å². The quantitative estimate of drug-likeness (QED) is 0.673. The molecule has 2 nitrogen and oxygen atoms in total. The molecule has 1 saturated carbocycles. The minimum Gasteiger partial charge on any atom is -0.487 e. The molecule has 1 heterocycles. The Balaban J connectivity index is 2.06. The molecule has 0 aromatic carbocycles. The summed E-state index contributed by atoms with van der Waals surface area (Å²) >= 11 is 0. The van der Waals surface area contributed by atoms with E-state index in [1.165, 1.54) is 18.8 Å². The summed E-state index contributed by atoms with van der Waals surface area (Å²) in [6.45, 7) is 0. The van der Waals surface area contributed by atoms with Gasteiger partial charge in [-0.2, -0.15) is 0 Å². The molecule has 0 spiro atoms. The highest BCUT2D eigenvalue weighted by Gasteiger charge is 2.20. The van der Waals surface area contributed by atoms with Gasteiger partial charge < -0.3 is 4.74 Å². The van der Waals surface area contributed by atoms with Gasteiger partial charge in [0.1, 0.15) is 0 Å². The second kappa shape index (κ2) is 3.09. The van der Waals surface area contributed by atoms with E-state index in [1.54, 1.807) is 6.07 Å². The molecule has 0 atom stereocenters. The Labute approximate surface area is 70.4 Å². The maximum absolute atomic E-state index is 12.9. The number of rotatable bonds is 2. The molecule has 1 aromatic heterocycles. The first kappa shape index (κ1) is 7.53. The lowest BCUT2D eigenvalue weighted by atomic mass is 9.96. The minimum absolute atomic E-state index is 0.224. The second-order valence-corrected chi connectivity index (χ2v) is 2.98. The third-order valence-corrected chi connectivity index (χ3v) is 2.08. The van der Waals surface area contributed by atoms with Gasteiger partial charge in [0.2, 0.25) is 0 Å². The van der Waals surface area contributed by atoms with E-state index in [0.717, 1.165) is 12.8 Å². The summed E-state index contributed by atoms with van der Waals surface area (Å²) in [5.41, 5.74) is 0. The highest BCUT2D eigenvalue weighted by Crippen LogP contribution is 2.25. The average Bonchev–Trinajstić information content (AvgIpc) is 2.00. The molecule has 1 aliphatic rings. The van der Waals surface area contributed by atoms with E-state index >= 15 is 0 Å². The number of halogens is 1. The average molecular weight is 167 g/mol. The summed E-state index contributed by atoms with van der Waals surface area (Å²) in [5.74, 6) is -0.0425.